The highest BCUT2D eigenvalue weighted by atomic mass is 32.2. The van der Waals surface area contributed by atoms with Crippen molar-refractivity contribution in [3.8, 4) is 0 Å². The fourth-order valence-electron chi connectivity index (χ4n) is 2.18. The molecule has 6 nitrogen and oxygen atoms in total. The van der Waals surface area contributed by atoms with E-state index >= 15 is 0 Å². The van der Waals surface area contributed by atoms with E-state index in [2.05, 4.69) is 10.0 Å². The van der Waals surface area contributed by atoms with E-state index in [1.807, 2.05) is 6.92 Å². The Bertz CT molecular complexity index is 679. The minimum Gasteiger partial charge on any atom is -0.312 e. The van der Waals surface area contributed by atoms with E-state index in [0.29, 0.717) is 13.0 Å². The van der Waals surface area contributed by atoms with Crippen molar-refractivity contribution < 1.29 is 16.8 Å². The zero-order chi connectivity index (χ0) is 15.5. The highest BCUT2D eigenvalue weighted by Gasteiger charge is 2.29. The lowest BCUT2D eigenvalue weighted by atomic mass is 10.1. The lowest BCUT2D eigenvalue weighted by Crippen LogP contribution is -2.29. The van der Waals surface area contributed by atoms with Crippen molar-refractivity contribution in [1.82, 2.24) is 10.0 Å². The van der Waals surface area contributed by atoms with Crippen molar-refractivity contribution in [2.75, 3.05) is 24.6 Å². The van der Waals surface area contributed by atoms with Crippen molar-refractivity contribution >= 4 is 31.2 Å². The van der Waals surface area contributed by atoms with Crippen LogP contribution in [0.25, 0.3) is 0 Å². The minimum absolute atomic E-state index is 0.0750. The Kier molecular flexibility index (Phi) is 5.42. The summed E-state index contributed by atoms with van der Waals surface area (Å²) in [5, 5.41) is 3.14. The molecule has 2 rings (SSSR count). The molecular formula is C12H20N2O4S3. The van der Waals surface area contributed by atoms with Crippen LogP contribution in [0.5, 0.6) is 0 Å². The van der Waals surface area contributed by atoms with Crippen LogP contribution in [-0.2, 0) is 26.4 Å². The van der Waals surface area contributed by atoms with Crippen LogP contribution >= 0.6 is 11.3 Å². The molecule has 1 aromatic rings. The van der Waals surface area contributed by atoms with E-state index in [9.17, 15) is 16.8 Å². The van der Waals surface area contributed by atoms with Crippen LogP contribution in [0.2, 0.25) is 0 Å². The zero-order valence-electron chi connectivity index (χ0n) is 11.8. The number of nitrogens with one attached hydrogen (secondary N) is 2. The zero-order valence-corrected chi connectivity index (χ0v) is 14.3. The van der Waals surface area contributed by atoms with E-state index in [1.165, 1.54) is 11.3 Å². The van der Waals surface area contributed by atoms with Gasteiger partial charge in [0.2, 0.25) is 10.0 Å². The van der Waals surface area contributed by atoms with Gasteiger partial charge in [0, 0.05) is 18.0 Å². The molecule has 1 unspecified atom stereocenters. The van der Waals surface area contributed by atoms with Crippen LogP contribution in [0.3, 0.4) is 0 Å². The number of sulfonamides is 1. The molecule has 0 spiro atoms. The smallest absolute Gasteiger partial charge is 0.250 e. The van der Waals surface area contributed by atoms with E-state index in [1.54, 1.807) is 12.1 Å². The molecule has 1 aliphatic rings. The summed E-state index contributed by atoms with van der Waals surface area (Å²) < 4.78 is 49.8. The predicted molar refractivity (Wildman–Crippen MR) is 83.6 cm³/mol. The number of sulfone groups is 1. The summed E-state index contributed by atoms with van der Waals surface area (Å²) in [5.74, 6) is 0.114. The van der Waals surface area contributed by atoms with Crippen molar-refractivity contribution in [2.24, 2.45) is 5.92 Å². The van der Waals surface area contributed by atoms with E-state index < -0.39 is 19.9 Å². The maximum absolute atomic E-state index is 12.2. The molecule has 0 aliphatic carbocycles. The molecular weight excluding hydrogens is 332 g/mol. The molecule has 21 heavy (non-hydrogen) atoms. The second-order valence-corrected chi connectivity index (χ2v) is 10.5. The SMILES string of the molecule is CCNCc1ccc(S(=O)(=O)NCC2CCS(=O)(=O)C2)s1. The molecule has 0 saturated carbocycles. The first-order valence-corrected chi connectivity index (χ1v) is 10.9. The molecule has 120 valence electrons. The molecule has 2 heterocycles. The summed E-state index contributed by atoms with van der Waals surface area (Å²) in [5.41, 5.74) is 0. The van der Waals surface area contributed by atoms with Crippen LogP contribution in [-0.4, -0.2) is 41.4 Å². The summed E-state index contributed by atoms with van der Waals surface area (Å²) in [6.07, 6.45) is 0.529. The van der Waals surface area contributed by atoms with Crippen LogP contribution in [0, 0.1) is 5.92 Å². The van der Waals surface area contributed by atoms with Crippen molar-refractivity contribution in [2.45, 2.75) is 24.1 Å². The van der Waals surface area contributed by atoms with E-state index in [0.717, 1.165) is 11.4 Å². The third-order valence-corrected chi connectivity index (χ3v) is 8.18. The first kappa shape index (κ1) is 16.9. The Balaban J connectivity index is 1.94. The quantitative estimate of drug-likeness (QED) is 0.748. The lowest BCUT2D eigenvalue weighted by molar-refractivity contribution is 0.544. The number of hydrogen-bond acceptors (Lipinski definition) is 6. The first-order chi connectivity index (χ1) is 9.82. The Hall–Kier alpha value is -0.480. The molecule has 1 aromatic heterocycles. The summed E-state index contributed by atoms with van der Waals surface area (Å²) in [4.78, 5) is 0.959. The van der Waals surface area contributed by atoms with Gasteiger partial charge in [0.1, 0.15) is 4.21 Å². The molecule has 0 radical (unpaired) electrons. The molecule has 0 amide bonds. The normalized spacial score (nSPS) is 21.7. The summed E-state index contributed by atoms with van der Waals surface area (Å²) in [6.45, 7) is 3.65. The average molecular weight is 353 g/mol. The molecule has 2 N–H and O–H groups in total. The number of hydrogen-bond donors (Lipinski definition) is 2. The van der Waals surface area contributed by atoms with Gasteiger partial charge in [0.15, 0.2) is 9.84 Å². The van der Waals surface area contributed by atoms with Crippen LogP contribution in [0.15, 0.2) is 16.3 Å². The third-order valence-electron chi connectivity index (χ3n) is 3.34. The maximum Gasteiger partial charge on any atom is 0.250 e. The molecule has 0 aromatic carbocycles. The summed E-state index contributed by atoms with van der Waals surface area (Å²) in [7, 11) is -6.52. The average Bonchev–Trinajstić information content (AvgIpc) is 3.01. The van der Waals surface area contributed by atoms with Gasteiger partial charge in [-0.25, -0.2) is 21.6 Å². The molecule has 9 heteroatoms. The topological polar surface area (TPSA) is 92.3 Å². The Morgan fingerprint density at radius 2 is 2.14 bits per heavy atom. The largest absolute Gasteiger partial charge is 0.312 e. The van der Waals surface area contributed by atoms with Gasteiger partial charge in [-0.2, -0.15) is 0 Å². The van der Waals surface area contributed by atoms with Gasteiger partial charge in [-0.3, -0.25) is 0 Å². The second kappa shape index (κ2) is 6.74. The van der Waals surface area contributed by atoms with Crippen LogP contribution in [0.4, 0.5) is 0 Å². The van der Waals surface area contributed by atoms with Gasteiger partial charge < -0.3 is 5.32 Å². The molecule has 1 saturated heterocycles. The van der Waals surface area contributed by atoms with Crippen molar-refractivity contribution in [3.63, 3.8) is 0 Å². The van der Waals surface area contributed by atoms with Crippen molar-refractivity contribution in [1.29, 1.82) is 0 Å². The number of rotatable bonds is 7. The maximum atomic E-state index is 12.2. The minimum atomic E-state index is -3.54. The van der Waals surface area contributed by atoms with Gasteiger partial charge >= 0.3 is 0 Å². The number of thiophene rings is 1. The first-order valence-electron chi connectivity index (χ1n) is 6.82. The Morgan fingerprint density at radius 3 is 2.76 bits per heavy atom. The van der Waals surface area contributed by atoms with Crippen LogP contribution < -0.4 is 10.0 Å². The fourth-order valence-corrected chi connectivity index (χ4v) is 6.53. The fraction of sp³-hybridized carbons (Fsp3) is 0.667. The highest BCUT2D eigenvalue weighted by molar-refractivity contribution is 7.92. The van der Waals surface area contributed by atoms with Crippen LogP contribution in [0.1, 0.15) is 18.2 Å². The third kappa shape index (κ3) is 4.75. The standard InChI is InChI=1S/C12H20N2O4S3/c1-2-13-8-11-3-4-12(19-11)21(17,18)14-7-10-5-6-20(15,16)9-10/h3-4,10,13-14H,2,5-9H2,1H3. The molecule has 1 aliphatic heterocycles. The Morgan fingerprint density at radius 1 is 1.38 bits per heavy atom. The monoisotopic (exact) mass is 352 g/mol. The summed E-state index contributed by atoms with van der Waals surface area (Å²) >= 11 is 1.23. The lowest BCUT2D eigenvalue weighted by Gasteiger charge is -2.09. The van der Waals surface area contributed by atoms with Gasteiger partial charge in [0.05, 0.1) is 11.5 Å². The van der Waals surface area contributed by atoms with Crippen molar-refractivity contribution in [3.05, 3.63) is 17.0 Å². The van der Waals surface area contributed by atoms with E-state index in [-0.39, 0.29) is 28.2 Å². The van der Waals surface area contributed by atoms with Gasteiger partial charge in [-0.1, -0.05) is 6.92 Å². The molecule has 1 fully saturated rings. The second-order valence-electron chi connectivity index (χ2n) is 5.12. The van der Waals surface area contributed by atoms with E-state index in [4.69, 9.17) is 0 Å². The van der Waals surface area contributed by atoms with Gasteiger partial charge in [0.25, 0.3) is 0 Å². The summed E-state index contributed by atoms with van der Waals surface area (Å²) in [6, 6.07) is 3.38. The molecule has 0 bridgehead atoms. The highest BCUT2D eigenvalue weighted by Crippen LogP contribution is 2.22. The molecule has 1 atom stereocenters. The van der Waals surface area contributed by atoms with Gasteiger partial charge in [-0.05, 0) is 31.0 Å². The van der Waals surface area contributed by atoms with Gasteiger partial charge in [-0.15, -0.1) is 11.3 Å². The predicted octanol–water partition coefficient (Wildman–Crippen LogP) is 0.571. The Labute approximate surface area is 129 Å².